The normalized spacial score (nSPS) is 12.1. The van der Waals surface area contributed by atoms with Crippen LogP contribution in [0.25, 0.3) is 0 Å². The summed E-state index contributed by atoms with van der Waals surface area (Å²) in [5, 5.41) is 7.97. The van der Waals surface area contributed by atoms with E-state index in [1.165, 1.54) is 4.80 Å². The first kappa shape index (κ1) is 12.1. The molecule has 1 heterocycles. The smallest absolute Gasteiger partial charge is 0.405 e. The number of hydrogen-bond acceptors (Lipinski definition) is 4. The molecular formula is C12H14N4O2. The van der Waals surface area contributed by atoms with Gasteiger partial charge in [-0.05, 0) is 12.5 Å². The van der Waals surface area contributed by atoms with Crippen molar-refractivity contribution in [3.8, 4) is 0 Å². The van der Waals surface area contributed by atoms with Crippen molar-refractivity contribution < 1.29 is 9.53 Å². The van der Waals surface area contributed by atoms with E-state index in [0.29, 0.717) is 6.54 Å². The summed E-state index contributed by atoms with van der Waals surface area (Å²) in [5.74, 6) is 0. The number of primary amides is 1. The highest BCUT2D eigenvalue weighted by Crippen LogP contribution is 2.20. The molecule has 2 N–H and O–H groups in total. The van der Waals surface area contributed by atoms with Gasteiger partial charge in [0.25, 0.3) is 0 Å². The van der Waals surface area contributed by atoms with Gasteiger partial charge >= 0.3 is 6.09 Å². The Labute approximate surface area is 104 Å². The molecule has 0 radical (unpaired) electrons. The first-order valence-corrected chi connectivity index (χ1v) is 5.52. The van der Waals surface area contributed by atoms with Gasteiger partial charge in [0.05, 0.1) is 12.4 Å². The molecule has 1 amide bonds. The van der Waals surface area contributed by atoms with Crippen LogP contribution in [0.3, 0.4) is 0 Å². The first-order valence-electron chi connectivity index (χ1n) is 5.52. The van der Waals surface area contributed by atoms with Gasteiger partial charge in [0.2, 0.25) is 0 Å². The number of carbonyl (C=O) groups excluding carboxylic acids is 1. The third kappa shape index (κ3) is 3.07. The Morgan fingerprint density at radius 1 is 1.44 bits per heavy atom. The van der Waals surface area contributed by atoms with Crippen LogP contribution < -0.4 is 5.73 Å². The maximum atomic E-state index is 10.9. The van der Waals surface area contributed by atoms with E-state index in [-0.39, 0.29) is 0 Å². The molecule has 1 aromatic carbocycles. The summed E-state index contributed by atoms with van der Waals surface area (Å²) >= 11 is 0. The topological polar surface area (TPSA) is 83.0 Å². The average Bonchev–Trinajstić information content (AvgIpc) is 2.80. The molecule has 94 valence electrons. The molecule has 0 aliphatic rings. The van der Waals surface area contributed by atoms with Gasteiger partial charge in [-0.25, -0.2) is 4.79 Å². The Morgan fingerprint density at radius 3 is 2.78 bits per heavy atom. The second-order valence-corrected chi connectivity index (χ2v) is 3.92. The summed E-state index contributed by atoms with van der Waals surface area (Å²) in [4.78, 5) is 12.4. The second-order valence-electron chi connectivity index (χ2n) is 3.92. The minimum atomic E-state index is -0.811. The number of aromatic nitrogens is 3. The molecule has 1 unspecified atom stereocenters. The number of nitrogens with zero attached hydrogens (tertiary/aromatic N) is 3. The predicted molar refractivity (Wildman–Crippen MR) is 64.6 cm³/mol. The number of amides is 1. The minimum absolute atomic E-state index is 0.333. The number of carbonyl (C=O) groups is 1. The van der Waals surface area contributed by atoms with Crippen molar-refractivity contribution in [1.29, 1.82) is 0 Å². The van der Waals surface area contributed by atoms with Crippen LogP contribution in [0.2, 0.25) is 0 Å². The van der Waals surface area contributed by atoms with E-state index in [0.717, 1.165) is 11.1 Å². The summed E-state index contributed by atoms with van der Waals surface area (Å²) < 4.78 is 5.10. The van der Waals surface area contributed by atoms with Crippen molar-refractivity contribution in [1.82, 2.24) is 15.0 Å². The molecule has 0 aliphatic heterocycles. The fourth-order valence-corrected chi connectivity index (χ4v) is 1.71. The monoisotopic (exact) mass is 246 g/mol. The number of ether oxygens (including phenoxy) is 1. The van der Waals surface area contributed by atoms with Crippen LogP contribution in [0, 0.1) is 6.92 Å². The van der Waals surface area contributed by atoms with Crippen LogP contribution in [0.4, 0.5) is 4.79 Å². The molecule has 0 aliphatic carbocycles. The molecule has 2 aromatic rings. The second kappa shape index (κ2) is 5.31. The Balaban J connectivity index is 2.21. The number of hydrogen-bond donors (Lipinski definition) is 1. The molecule has 0 bridgehead atoms. The Morgan fingerprint density at radius 2 is 2.17 bits per heavy atom. The average molecular weight is 246 g/mol. The van der Waals surface area contributed by atoms with Crippen molar-refractivity contribution in [3.05, 3.63) is 47.8 Å². The van der Waals surface area contributed by atoms with Crippen LogP contribution in [-0.4, -0.2) is 21.1 Å². The largest absolute Gasteiger partial charge is 0.439 e. The quantitative estimate of drug-likeness (QED) is 0.884. The van der Waals surface area contributed by atoms with E-state index in [2.05, 4.69) is 10.2 Å². The Kier molecular flexibility index (Phi) is 3.57. The lowest BCUT2D eigenvalue weighted by molar-refractivity contribution is 0.0904. The molecule has 0 saturated heterocycles. The van der Waals surface area contributed by atoms with Crippen molar-refractivity contribution in [2.24, 2.45) is 5.73 Å². The van der Waals surface area contributed by atoms with Gasteiger partial charge in [-0.15, -0.1) is 0 Å². The van der Waals surface area contributed by atoms with Gasteiger partial charge in [0.1, 0.15) is 12.6 Å². The summed E-state index contributed by atoms with van der Waals surface area (Å²) in [6.07, 6.45) is 1.83. The zero-order valence-corrected chi connectivity index (χ0v) is 9.98. The minimum Gasteiger partial charge on any atom is -0.439 e. The lowest BCUT2D eigenvalue weighted by Crippen LogP contribution is -2.22. The summed E-state index contributed by atoms with van der Waals surface area (Å²) in [5.41, 5.74) is 7.04. The molecule has 18 heavy (non-hydrogen) atoms. The van der Waals surface area contributed by atoms with Crippen LogP contribution in [0.1, 0.15) is 17.2 Å². The molecule has 1 atom stereocenters. The number of nitrogens with two attached hydrogens (primary N) is 1. The van der Waals surface area contributed by atoms with Gasteiger partial charge in [0, 0.05) is 0 Å². The molecule has 0 fully saturated rings. The van der Waals surface area contributed by atoms with E-state index in [4.69, 9.17) is 10.5 Å². The van der Waals surface area contributed by atoms with E-state index >= 15 is 0 Å². The van der Waals surface area contributed by atoms with Crippen LogP contribution in [-0.2, 0) is 11.3 Å². The Bertz CT molecular complexity index is 525. The zero-order valence-electron chi connectivity index (χ0n) is 9.98. The molecule has 6 heteroatoms. The number of benzene rings is 1. The first-order chi connectivity index (χ1) is 8.65. The zero-order chi connectivity index (χ0) is 13.0. The molecule has 0 spiro atoms. The standard InChI is InChI=1S/C12H14N4O2/c1-9-3-2-4-10(7-9)11(18-12(13)17)8-16-14-5-6-15-16/h2-7,11H,8H2,1H3,(H2,13,17). The summed E-state index contributed by atoms with van der Waals surface area (Å²) in [7, 11) is 0. The van der Waals surface area contributed by atoms with E-state index in [1.54, 1.807) is 12.4 Å². The van der Waals surface area contributed by atoms with Crippen molar-refractivity contribution >= 4 is 6.09 Å². The fraction of sp³-hybridized carbons (Fsp3) is 0.250. The molecule has 2 rings (SSSR count). The van der Waals surface area contributed by atoms with E-state index < -0.39 is 12.2 Å². The third-order valence-electron chi connectivity index (χ3n) is 2.47. The van der Waals surface area contributed by atoms with Crippen molar-refractivity contribution in [2.75, 3.05) is 0 Å². The van der Waals surface area contributed by atoms with Crippen LogP contribution in [0.15, 0.2) is 36.7 Å². The maximum absolute atomic E-state index is 10.9. The molecule has 0 saturated carbocycles. The maximum Gasteiger partial charge on any atom is 0.405 e. The van der Waals surface area contributed by atoms with Crippen LogP contribution in [0.5, 0.6) is 0 Å². The van der Waals surface area contributed by atoms with E-state index in [1.807, 2.05) is 31.2 Å². The highest BCUT2D eigenvalue weighted by molar-refractivity contribution is 5.65. The highest BCUT2D eigenvalue weighted by atomic mass is 16.6. The summed E-state index contributed by atoms with van der Waals surface area (Å²) in [6, 6.07) is 7.69. The lowest BCUT2D eigenvalue weighted by Gasteiger charge is -2.16. The molecule has 6 nitrogen and oxygen atoms in total. The lowest BCUT2D eigenvalue weighted by atomic mass is 10.1. The van der Waals surface area contributed by atoms with Crippen molar-refractivity contribution in [3.63, 3.8) is 0 Å². The predicted octanol–water partition coefficient (Wildman–Crippen LogP) is 1.42. The van der Waals surface area contributed by atoms with Crippen LogP contribution >= 0.6 is 0 Å². The highest BCUT2D eigenvalue weighted by Gasteiger charge is 2.16. The number of rotatable bonds is 4. The summed E-state index contributed by atoms with van der Waals surface area (Å²) in [6.45, 7) is 2.30. The Hall–Kier alpha value is -2.37. The third-order valence-corrected chi connectivity index (χ3v) is 2.47. The van der Waals surface area contributed by atoms with Crippen molar-refractivity contribution in [2.45, 2.75) is 19.6 Å². The molecular weight excluding hydrogens is 232 g/mol. The van der Waals surface area contributed by atoms with E-state index in [9.17, 15) is 4.79 Å². The van der Waals surface area contributed by atoms with Gasteiger partial charge in [-0.3, -0.25) is 0 Å². The van der Waals surface area contributed by atoms with Gasteiger partial charge < -0.3 is 10.5 Å². The number of aryl methyl sites for hydroxylation is 1. The molecule has 1 aromatic heterocycles. The SMILES string of the molecule is Cc1cccc(C(Cn2nccn2)OC(N)=O)c1. The van der Waals surface area contributed by atoms with Gasteiger partial charge in [0.15, 0.2) is 0 Å². The van der Waals surface area contributed by atoms with Gasteiger partial charge in [-0.2, -0.15) is 15.0 Å². The fourth-order valence-electron chi connectivity index (χ4n) is 1.71. The van der Waals surface area contributed by atoms with Gasteiger partial charge in [-0.1, -0.05) is 29.8 Å².